The van der Waals surface area contributed by atoms with Crippen molar-refractivity contribution in [2.75, 3.05) is 25.6 Å². The summed E-state index contributed by atoms with van der Waals surface area (Å²) in [7, 11) is 3.73. The standard InChI is InChI=1S/C17H30N2O/c1-12(2)11-19(13(3)4)15-9-8-10-16(20-7)17(15)14(5)18-6/h8-10,12-14,18H,11H2,1-7H3. The Balaban J connectivity index is 3.32. The van der Waals surface area contributed by atoms with Gasteiger partial charge in [0.15, 0.2) is 0 Å². The van der Waals surface area contributed by atoms with E-state index in [9.17, 15) is 0 Å². The molecular formula is C17H30N2O. The predicted octanol–water partition coefficient (Wildman–Crippen LogP) is 3.85. The number of ether oxygens (including phenoxy) is 1. The van der Waals surface area contributed by atoms with Gasteiger partial charge >= 0.3 is 0 Å². The van der Waals surface area contributed by atoms with E-state index in [1.807, 2.05) is 13.1 Å². The Morgan fingerprint density at radius 3 is 2.25 bits per heavy atom. The van der Waals surface area contributed by atoms with Crippen molar-refractivity contribution in [3.05, 3.63) is 23.8 Å². The first kappa shape index (κ1) is 16.8. The first-order valence-corrected chi connectivity index (χ1v) is 7.53. The summed E-state index contributed by atoms with van der Waals surface area (Å²) >= 11 is 0. The first-order valence-electron chi connectivity index (χ1n) is 7.53. The van der Waals surface area contributed by atoms with Crippen LogP contribution < -0.4 is 15.0 Å². The third kappa shape index (κ3) is 3.89. The number of methoxy groups -OCH3 is 1. The lowest BCUT2D eigenvalue weighted by Gasteiger charge is -2.34. The van der Waals surface area contributed by atoms with E-state index < -0.39 is 0 Å². The van der Waals surface area contributed by atoms with Crippen LogP contribution in [0.2, 0.25) is 0 Å². The van der Waals surface area contributed by atoms with E-state index >= 15 is 0 Å². The van der Waals surface area contributed by atoms with Gasteiger partial charge in [-0.2, -0.15) is 0 Å². The molecule has 1 aromatic carbocycles. The Bertz CT molecular complexity index is 415. The molecule has 0 aliphatic rings. The van der Waals surface area contributed by atoms with Crippen LogP contribution in [0.5, 0.6) is 5.75 Å². The molecular weight excluding hydrogens is 248 g/mol. The summed E-state index contributed by atoms with van der Waals surface area (Å²) in [5.74, 6) is 1.58. The van der Waals surface area contributed by atoms with Gasteiger partial charge in [0.05, 0.1) is 7.11 Å². The number of rotatable bonds is 7. The number of nitrogens with one attached hydrogen (secondary N) is 1. The zero-order valence-electron chi connectivity index (χ0n) is 14.0. The van der Waals surface area contributed by atoms with E-state index in [1.165, 1.54) is 11.3 Å². The lowest BCUT2D eigenvalue weighted by atomic mass is 10.0. The third-order valence-corrected chi connectivity index (χ3v) is 3.62. The molecule has 1 unspecified atom stereocenters. The minimum absolute atomic E-state index is 0.259. The second kappa shape index (κ2) is 7.53. The summed E-state index contributed by atoms with van der Waals surface area (Å²) in [6.07, 6.45) is 0. The average molecular weight is 278 g/mol. The molecule has 0 spiro atoms. The summed E-state index contributed by atoms with van der Waals surface area (Å²) in [4.78, 5) is 2.47. The van der Waals surface area contributed by atoms with Crippen molar-refractivity contribution in [2.45, 2.75) is 46.7 Å². The van der Waals surface area contributed by atoms with Crippen LogP contribution in [0.4, 0.5) is 5.69 Å². The summed E-state index contributed by atoms with van der Waals surface area (Å²) in [5.41, 5.74) is 2.52. The molecule has 3 nitrogen and oxygen atoms in total. The first-order chi connectivity index (χ1) is 9.42. The Kier molecular flexibility index (Phi) is 6.34. The smallest absolute Gasteiger partial charge is 0.125 e. The van der Waals surface area contributed by atoms with Crippen LogP contribution in [-0.4, -0.2) is 26.7 Å². The van der Waals surface area contributed by atoms with Crippen LogP contribution in [0.25, 0.3) is 0 Å². The highest BCUT2D eigenvalue weighted by Gasteiger charge is 2.21. The fourth-order valence-electron chi connectivity index (χ4n) is 2.52. The molecule has 3 heteroatoms. The molecule has 0 heterocycles. The maximum atomic E-state index is 5.58. The molecule has 1 N–H and O–H groups in total. The van der Waals surface area contributed by atoms with Gasteiger partial charge in [-0.3, -0.25) is 0 Å². The van der Waals surface area contributed by atoms with Crippen molar-refractivity contribution < 1.29 is 4.74 Å². The predicted molar refractivity (Wildman–Crippen MR) is 87.8 cm³/mol. The largest absolute Gasteiger partial charge is 0.496 e. The van der Waals surface area contributed by atoms with Gasteiger partial charge in [0, 0.05) is 29.9 Å². The van der Waals surface area contributed by atoms with Crippen molar-refractivity contribution in [3.8, 4) is 5.75 Å². The Labute approximate surface area is 124 Å². The van der Waals surface area contributed by atoms with E-state index in [0.717, 1.165) is 12.3 Å². The summed E-state index contributed by atoms with van der Waals surface area (Å²) in [5, 5.41) is 3.34. The number of hydrogen-bond acceptors (Lipinski definition) is 3. The van der Waals surface area contributed by atoms with Crippen LogP contribution in [0.15, 0.2) is 18.2 Å². The van der Waals surface area contributed by atoms with Crippen molar-refractivity contribution in [2.24, 2.45) is 5.92 Å². The molecule has 114 valence electrons. The Hall–Kier alpha value is -1.22. The normalized spacial score (nSPS) is 12.8. The van der Waals surface area contributed by atoms with Gasteiger partial charge in [-0.1, -0.05) is 19.9 Å². The van der Waals surface area contributed by atoms with Crippen LogP contribution >= 0.6 is 0 Å². The molecule has 1 rings (SSSR count). The molecule has 0 fully saturated rings. The average Bonchev–Trinajstić information content (AvgIpc) is 2.42. The monoisotopic (exact) mass is 278 g/mol. The minimum Gasteiger partial charge on any atom is -0.496 e. The summed E-state index contributed by atoms with van der Waals surface area (Å²) < 4.78 is 5.58. The fraction of sp³-hybridized carbons (Fsp3) is 0.647. The maximum Gasteiger partial charge on any atom is 0.125 e. The van der Waals surface area contributed by atoms with Gasteiger partial charge in [-0.15, -0.1) is 0 Å². The molecule has 0 saturated heterocycles. The fourth-order valence-corrected chi connectivity index (χ4v) is 2.52. The SMILES string of the molecule is CNC(C)c1c(OC)cccc1N(CC(C)C)C(C)C. The van der Waals surface area contributed by atoms with Crippen LogP contribution in [0.3, 0.4) is 0 Å². The quantitative estimate of drug-likeness (QED) is 0.820. The number of nitrogens with zero attached hydrogens (tertiary/aromatic N) is 1. The van der Waals surface area contributed by atoms with Crippen LogP contribution in [-0.2, 0) is 0 Å². The number of hydrogen-bond donors (Lipinski definition) is 1. The highest BCUT2D eigenvalue weighted by Crippen LogP contribution is 2.35. The summed E-state index contributed by atoms with van der Waals surface area (Å²) in [6, 6.07) is 7.05. The topological polar surface area (TPSA) is 24.5 Å². The van der Waals surface area contributed by atoms with E-state index in [2.05, 4.69) is 57.0 Å². The lowest BCUT2D eigenvalue weighted by molar-refractivity contribution is 0.403. The van der Waals surface area contributed by atoms with Crippen molar-refractivity contribution >= 4 is 5.69 Å². The zero-order chi connectivity index (χ0) is 15.3. The van der Waals surface area contributed by atoms with Gasteiger partial charge in [-0.25, -0.2) is 0 Å². The molecule has 0 aliphatic heterocycles. The van der Waals surface area contributed by atoms with Crippen LogP contribution in [0, 0.1) is 5.92 Å². The molecule has 1 aromatic rings. The van der Waals surface area contributed by atoms with Gasteiger partial charge < -0.3 is 15.0 Å². The van der Waals surface area contributed by atoms with Gasteiger partial charge in [0.1, 0.15) is 5.75 Å². The zero-order valence-corrected chi connectivity index (χ0v) is 14.0. The molecule has 0 aliphatic carbocycles. The summed E-state index contributed by atoms with van der Waals surface area (Å²) in [6.45, 7) is 12.2. The van der Waals surface area contributed by atoms with Crippen molar-refractivity contribution in [3.63, 3.8) is 0 Å². The molecule has 20 heavy (non-hydrogen) atoms. The third-order valence-electron chi connectivity index (χ3n) is 3.62. The Morgan fingerprint density at radius 1 is 1.15 bits per heavy atom. The maximum absolute atomic E-state index is 5.58. The minimum atomic E-state index is 0.259. The lowest BCUT2D eigenvalue weighted by Crippen LogP contribution is -2.35. The van der Waals surface area contributed by atoms with Crippen molar-refractivity contribution in [1.29, 1.82) is 0 Å². The second-order valence-corrected chi connectivity index (χ2v) is 6.04. The molecule has 0 radical (unpaired) electrons. The number of anilines is 1. The molecule has 0 saturated carbocycles. The second-order valence-electron chi connectivity index (χ2n) is 6.04. The van der Waals surface area contributed by atoms with E-state index in [-0.39, 0.29) is 6.04 Å². The Morgan fingerprint density at radius 2 is 1.80 bits per heavy atom. The number of benzene rings is 1. The highest BCUT2D eigenvalue weighted by atomic mass is 16.5. The molecule has 0 bridgehead atoms. The van der Waals surface area contributed by atoms with Crippen LogP contribution in [0.1, 0.15) is 46.2 Å². The van der Waals surface area contributed by atoms with E-state index in [0.29, 0.717) is 12.0 Å². The molecule has 1 atom stereocenters. The van der Waals surface area contributed by atoms with Gasteiger partial charge in [0.25, 0.3) is 0 Å². The van der Waals surface area contributed by atoms with Gasteiger partial charge in [-0.05, 0) is 45.9 Å². The molecule has 0 amide bonds. The molecule has 0 aromatic heterocycles. The van der Waals surface area contributed by atoms with E-state index in [1.54, 1.807) is 7.11 Å². The van der Waals surface area contributed by atoms with Crippen molar-refractivity contribution in [1.82, 2.24) is 5.32 Å². The van der Waals surface area contributed by atoms with E-state index in [4.69, 9.17) is 4.74 Å². The highest BCUT2D eigenvalue weighted by molar-refractivity contribution is 5.61. The van der Waals surface area contributed by atoms with Gasteiger partial charge in [0.2, 0.25) is 0 Å².